The number of carbonyl (C=O) groups is 1. The lowest BCUT2D eigenvalue weighted by atomic mass is 10.2. The molecule has 28 heavy (non-hydrogen) atoms. The van der Waals surface area contributed by atoms with Crippen LogP contribution in [0.25, 0.3) is 22.6 Å². The SMILES string of the molecule is O=C(NCCc1ccc(Cl)nc1)c1ccnc2nc(-c3ccc(F)cc3)[nH]c12. The van der Waals surface area contributed by atoms with Crippen molar-refractivity contribution in [3.05, 3.63) is 77.0 Å². The number of rotatable bonds is 5. The smallest absolute Gasteiger partial charge is 0.253 e. The van der Waals surface area contributed by atoms with E-state index in [2.05, 4.69) is 25.3 Å². The summed E-state index contributed by atoms with van der Waals surface area (Å²) in [6, 6.07) is 11.2. The van der Waals surface area contributed by atoms with Crippen LogP contribution in [-0.2, 0) is 6.42 Å². The molecular formula is C20H15ClFN5O. The second-order valence-electron chi connectivity index (χ2n) is 6.14. The molecule has 0 bridgehead atoms. The highest BCUT2D eigenvalue weighted by molar-refractivity contribution is 6.29. The van der Waals surface area contributed by atoms with Gasteiger partial charge in [0, 0.05) is 24.5 Å². The average molecular weight is 396 g/mol. The molecule has 8 heteroatoms. The fourth-order valence-corrected chi connectivity index (χ4v) is 2.93. The number of imidazole rings is 1. The van der Waals surface area contributed by atoms with Crippen molar-refractivity contribution in [3.63, 3.8) is 0 Å². The fraction of sp³-hybridized carbons (Fsp3) is 0.100. The number of H-pyrrole nitrogens is 1. The summed E-state index contributed by atoms with van der Waals surface area (Å²) in [7, 11) is 0. The maximum absolute atomic E-state index is 13.1. The number of hydrogen-bond donors (Lipinski definition) is 2. The Kier molecular flexibility index (Phi) is 4.99. The third-order valence-electron chi connectivity index (χ3n) is 4.24. The topological polar surface area (TPSA) is 83.6 Å². The lowest BCUT2D eigenvalue weighted by molar-refractivity contribution is 0.0955. The van der Waals surface area contributed by atoms with Crippen LogP contribution in [0.1, 0.15) is 15.9 Å². The highest BCUT2D eigenvalue weighted by Crippen LogP contribution is 2.22. The molecule has 0 atom stereocenters. The number of fused-ring (bicyclic) bond motifs is 1. The van der Waals surface area contributed by atoms with Crippen molar-refractivity contribution in [2.75, 3.05) is 6.54 Å². The minimum atomic E-state index is -0.325. The van der Waals surface area contributed by atoms with E-state index >= 15 is 0 Å². The third-order valence-corrected chi connectivity index (χ3v) is 4.47. The van der Waals surface area contributed by atoms with Crippen molar-refractivity contribution < 1.29 is 9.18 Å². The van der Waals surface area contributed by atoms with Gasteiger partial charge in [0.1, 0.15) is 16.8 Å². The number of nitrogens with zero attached hydrogens (tertiary/aromatic N) is 3. The Balaban J connectivity index is 1.52. The van der Waals surface area contributed by atoms with E-state index in [9.17, 15) is 9.18 Å². The second kappa shape index (κ2) is 7.74. The van der Waals surface area contributed by atoms with Gasteiger partial charge >= 0.3 is 0 Å². The highest BCUT2D eigenvalue weighted by Gasteiger charge is 2.15. The van der Waals surface area contributed by atoms with E-state index in [-0.39, 0.29) is 11.7 Å². The second-order valence-corrected chi connectivity index (χ2v) is 6.53. The molecule has 0 aliphatic carbocycles. The molecule has 0 saturated heterocycles. The van der Waals surface area contributed by atoms with Gasteiger partial charge in [0.25, 0.3) is 5.91 Å². The van der Waals surface area contributed by atoms with Crippen LogP contribution in [0, 0.1) is 5.82 Å². The summed E-state index contributed by atoms with van der Waals surface area (Å²) in [6.45, 7) is 0.449. The van der Waals surface area contributed by atoms with Gasteiger partial charge in [0.15, 0.2) is 5.65 Å². The van der Waals surface area contributed by atoms with Gasteiger partial charge in [-0.1, -0.05) is 17.7 Å². The molecule has 3 aromatic heterocycles. The molecular weight excluding hydrogens is 381 g/mol. The minimum Gasteiger partial charge on any atom is -0.352 e. The Labute approximate surface area is 164 Å². The number of benzene rings is 1. The molecule has 0 radical (unpaired) electrons. The van der Waals surface area contributed by atoms with Gasteiger partial charge in [-0.05, 0) is 48.4 Å². The van der Waals surface area contributed by atoms with Crippen LogP contribution in [0.3, 0.4) is 0 Å². The maximum Gasteiger partial charge on any atom is 0.253 e. The quantitative estimate of drug-likeness (QED) is 0.504. The Hall–Kier alpha value is -3.32. The van der Waals surface area contributed by atoms with Crippen LogP contribution >= 0.6 is 11.6 Å². The van der Waals surface area contributed by atoms with Gasteiger partial charge in [0.2, 0.25) is 0 Å². The molecule has 0 aliphatic rings. The van der Waals surface area contributed by atoms with Gasteiger partial charge in [-0.15, -0.1) is 0 Å². The van der Waals surface area contributed by atoms with Crippen molar-refractivity contribution >= 4 is 28.7 Å². The van der Waals surface area contributed by atoms with Crippen molar-refractivity contribution in [1.82, 2.24) is 25.3 Å². The fourth-order valence-electron chi connectivity index (χ4n) is 2.81. The average Bonchev–Trinajstić information content (AvgIpc) is 3.14. The molecule has 0 fully saturated rings. The number of hydrogen-bond acceptors (Lipinski definition) is 4. The van der Waals surface area contributed by atoms with Crippen LogP contribution in [-0.4, -0.2) is 32.4 Å². The normalized spacial score (nSPS) is 10.9. The lowest BCUT2D eigenvalue weighted by Gasteiger charge is -2.06. The zero-order valence-corrected chi connectivity index (χ0v) is 15.4. The van der Waals surface area contributed by atoms with Crippen molar-refractivity contribution in [2.24, 2.45) is 0 Å². The molecule has 6 nitrogen and oxygen atoms in total. The van der Waals surface area contributed by atoms with E-state index in [0.29, 0.717) is 46.2 Å². The molecule has 0 spiro atoms. The van der Waals surface area contributed by atoms with Crippen molar-refractivity contribution in [1.29, 1.82) is 0 Å². The van der Waals surface area contributed by atoms with Crippen molar-refractivity contribution in [2.45, 2.75) is 6.42 Å². The number of carbonyl (C=O) groups excluding carboxylic acids is 1. The zero-order valence-electron chi connectivity index (χ0n) is 14.6. The lowest BCUT2D eigenvalue weighted by Crippen LogP contribution is -2.26. The first-order valence-corrected chi connectivity index (χ1v) is 8.97. The van der Waals surface area contributed by atoms with Crippen LogP contribution in [0.5, 0.6) is 0 Å². The third kappa shape index (κ3) is 3.84. The van der Waals surface area contributed by atoms with Crippen LogP contribution in [0.4, 0.5) is 4.39 Å². The van der Waals surface area contributed by atoms with E-state index in [4.69, 9.17) is 11.6 Å². The summed E-state index contributed by atoms with van der Waals surface area (Å²) in [5, 5.41) is 3.32. The molecule has 3 heterocycles. The molecule has 1 amide bonds. The molecule has 4 aromatic rings. The van der Waals surface area contributed by atoms with E-state index in [1.807, 2.05) is 6.07 Å². The van der Waals surface area contributed by atoms with E-state index in [1.54, 1.807) is 30.5 Å². The zero-order chi connectivity index (χ0) is 19.5. The number of halogens is 2. The standard InChI is InChI=1S/C20H15ClFN5O/c21-16-6-1-12(11-25-16)7-9-24-20(28)15-8-10-23-19-17(15)26-18(27-19)13-2-4-14(22)5-3-13/h1-6,8,10-11H,7,9H2,(H,24,28)(H,23,26,27). The van der Waals surface area contributed by atoms with E-state index in [1.165, 1.54) is 18.3 Å². The Morgan fingerprint density at radius 2 is 1.93 bits per heavy atom. The molecule has 140 valence electrons. The summed E-state index contributed by atoms with van der Waals surface area (Å²) in [4.78, 5) is 28.4. The number of amides is 1. The van der Waals surface area contributed by atoms with Gasteiger partial charge < -0.3 is 10.3 Å². The molecule has 2 N–H and O–H groups in total. The molecule has 0 aliphatic heterocycles. The number of nitrogens with one attached hydrogen (secondary N) is 2. The van der Waals surface area contributed by atoms with Crippen LogP contribution in [0.2, 0.25) is 5.15 Å². The number of aromatic amines is 1. The first kappa shape index (κ1) is 18.1. The predicted molar refractivity (Wildman–Crippen MR) is 105 cm³/mol. The summed E-state index contributed by atoms with van der Waals surface area (Å²) in [5.74, 6) is -0.0347. The molecule has 0 saturated carbocycles. The molecule has 4 rings (SSSR count). The van der Waals surface area contributed by atoms with E-state index < -0.39 is 0 Å². The van der Waals surface area contributed by atoms with Crippen LogP contribution < -0.4 is 5.32 Å². The van der Waals surface area contributed by atoms with E-state index in [0.717, 1.165) is 5.56 Å². The Morgan fingerprint density at radius 3 is 2.68 bits per heavy atom. The van der Waals surface area contributed by atoms with Gasteiger partial charge in [-0.25, -0.2) is 19.3 Å². The number of aromatic nitrogens is 4. The van der Waals surface area contributed by atoms with Crippen molar-refractivity contribution in [3.8, 4) is 11.4 Å². The number of pyridine rings is 2. The molecule has 0 unspecified atom stereocenters. The predicted octanol–water partition coefficient (Wildman–Crippen LogP) is 3.78. The minimum absolute atomic E-state index is 0.233. The summed E-state index contributed by atoms with van der Waals surface area (Å²) < 4.78 is 13.1. The highest BCUT2D eigenvalue weighted by atomic mass is 35.5. The maximum atomic E-state index is 13.1. The Morgan fingerprint density at radius 1 is 1.11 bits per heavy atom. The summed E-state index contributed by atoms with van der Waals surface area (Å²) >= 11 is 5.77. The van der Waals surface area contributed by atoms with Gasteiger partial charge in [-0.3, -0.25) is 4.79 Å². The van der Waals surface area contributed by atoms with Gasteiger partial charge in [0.05, 0.1) is 11.1 Å². The monoisotopic (exact) mass is 395 g/mol. The first-order chi connectivity index (χ1) is 13.6. The largest absolute Gasteiger partial charge is 0.352 e. The summed E-state index contributed by atoms with van der Waals surface area (Å²) in [6.07, 6.45) is 3.85. The summed E-state index contributed by atoms with van der Waals surface area (Å²) in [5.41, 5.74) is 3.09. The van der Waals surface area contributed by atoms with Crippen LogP contribution in [0.15, 0.2) is 54.9 Å². The Bertz CT molecular complexity index is 1130. The first-order valence-electron chi connectivity index (χ1n) is 8.59. The van der Waals surface area contributed by atoms with Gasteiger partial charge in [-0.2, -0.15) is 0 Å². The molecule has 1 aromatic carbocycles.